The SMILES string of the molecule is N#Cc1cc(C(F)(F)F)cc(C2CCN2)c1C(F)(F)F. The zero-order valence-electron chi connectivity index (χ0n) is 9.86. The summed E-state index contributed by atoms with van der Waals surface area (Å²) in [5, 5.41) is 11.4. The van der Waals surface area contributed by atoms with E-state index in [1.165, 1.54) is 6.07 Å². The van der Waals surface area contributed by atoms with Gasteiger partial charge in [-0.25, -0.2) is 0 Å². The minimum Gasteiger partial charge on any atom is -0.310 e. The molecule has 0 amide bonds. The summed E-state index contributed by atoms with van der Waals surface area (Å²) in [6.07, 6.45) is -9.37. The van der Waals surface area contributed by atoms with Crippen LogP contribution in [0.5, 0.6) is 0 Å². The van der Waals surface area contributed by atoms with E-state index < -0.39 is 40.6 Å². The van der Waals surface area contributed by atoms with E-state index in [-0.39, 0.29) is 6.07 Å². The summed E-state index contributed by atoms with van der Waals surface area (Å²) < 4.78 is 77.0. The Labute approximate surface area is 110 Å². The summed E-state index contributed by atoms with van der Waals surface area (Å²) >= 11 is 0. The van der Waals surface area contributed by atoms with Gasteiger partial charge in [-0.15, -0.1) is 0 Å². The lowest BCUT2D eigenvalue weighted by Gasteiger charge is -2.31. The molecule has 0 bridgehead atoms. The molecule has 2 rings (SSSR count). The van der Waals surface area contributed by atoms with Crippen molar-refractivity contribution in [3.8, 4) is 6.07 Å². The van der Waals surface area contributed by atoms with Gasteiger partial charge >= 0.3 is 12.4 Å². The number of rotatable bonds is 1. The zero-order chi connectivity index (χ0) is 15.1. The first-order chi connectivity index (χ1) is 9.14. The van der Waals surface area contributed by atoms with Crippen molar-refractivity contribution in [2.45, 2.75) is 24.8 Å². The lowest BCUT2D eigenvalue weighted by molar-refractivity contribution is -0.142. The van der Waals surface area contributed by atoms with Gasteiger partial charge in [-0.1, -0.05) is 0 Å². The lowest BCUT2D eigenvalue weighted by Crippen LogP contribution is -2.37. The van der Waals surface area contributed by atoms with Crippen molar-refractivity contribution in [3.63, 3.8) is 0 Å². The van der Waals surface area contributed by atoms with Crippen molar-refractivity contribution >= 4 is 0 Å². The molecule has 1 aromatic carbocycles. The third kappa shape index (κ3) is 2.58. The van der Waals surface area contributed by atoms with Crippen molar-refractivity contribution in [1.29, 1.82) is 5.26 Å². The Hall–Kier alpha value is -1.75. The minimum atomic E-state index is -4.87. The monoisotopic (exact) mass is 294 g/mol. The fourth-order valence-corrected chi connectivity index (χ4v) is 2.06. The number of hydrogen-bond acceptors (Lipinski definition) is 2. The maximum Gasteiger partial charge on any atom is 0.418 e. The largest absolute Gasteiger partial charge is 0.418 e. The second-order valence-electron chi connectivity index (χ2n) is 4.39. The number of nitriles is 1. The Morgan fingerprint density at radius 1 is 1.10 bits per heavy atom. The Morgan fingerprint density at radius 3 is 2.05 bits per heavy atom. The average molecular weight is 294 g/mol. The predicted molar refractivity (Wildman–Crippen MR) is 56.5 cm³/mol. The first kappa shape index (κ1) is 14.7. The molecule has 1 unspecified atom stereocenters. The first-order valence-electron chi connectivity index (χ1n) is 5.60. The van der Waals surface area contributed by atoms with Gasteiger partial charge in [0.15, 0.2) is 0 Å². The molecule has 0 aromatic heterocycles. The van der Waals surface area contributed by atoms with Crippen LogP contribution < -0.4 is 5.32 Å². The topological polar surface area (TPSA) is 35.8 Å². The van der Waals surface area contributed by atoms with Gasteiger partial charge in [0.05, 0.1) is 22.8 Å². The Morgan fingerprint density at radius 2 is 1.70 bits per heavy atom. The molecule has 1 N–H and O–H groups in total. The molecule has 1 fully saturated rings. The van der Waals surface area contributed by atoms with E-state index in [2.05, 4.69) is 5.32 Å². The Kier molecular flexibility index (Phi) is 3.42. The van der Waals surface area contributed by atoms with Crippen LogP contribution in [-0.2, 0) is 12.4 Å². The van der Waals surface area contributed by atoms with Crippen LogP contribution in [0.4, 0.5) is 26.3 Å². The highest BCUT2D eigenvalue weighted by Crippen LogP contribution is 2.42. The summed E-state index contributed by atoms with van der Waals surface area (Å²) in [5.74, 6) is 0. The van der Waals surface area contributed by atoms with Crippen molar-refractivity contribution < 1.29 is 26.3 Å². The summed E-state index contributed by atoms with van der Waals surface area (Å²) in [5.41, 5.74) is -4.05. The number of nitrogens with zero attached hydrogens (tertiary/aromatic N) is 1. The van der Waals surface area contributed by atoms with E-state index in [0.717, 1.165) is 0 Å². The molecular weight excluding hydrogens is 286 g/mol. The summed E-state index contributed by atoms with van der Waals surface area (Å²) in [6, 6.07) is 1.12. The lowest BCUT2D eigenvalue weighted by atomic mass is 9.88. The maximum atomic E-state index is 13.0. The van der Waals surface area contributed by atoms with Gasteiger partial charge in [0.25, 0.3) is 0 Å². The summed E-state index contributed by atoms with van der Waals surface area (Å²) in [7, 11) is 0. The van der Waals surface area contributed by atoms with Crippen LogP contribution >= 0.6 is 0 Å². The molecule has 2 nitrogen and oxygen atoms in total. The van der Waals surface area contributed by atoms with Gasteiger partial charge in [0, 0.05) is 6.04 Å². The zero-order valence-corrected chi connectivity index (χ0v) is 9.86. The number of nitrogens with one attached hydrogen (secondary N) is 1. The normalized spacial score (nSPS) is 19.4. The fraction of sp³-hybridized carbons (Fsp3) is 0.417. The van der Waals surface area contributed by atoms with Crippen molar-refractivity contribution in [2.24, 2.45) is 0 Å². The van der Waals surface area contributed by atoms with E-state index in [1.807, 2.05) is 0 Å². The van der Waals surface area contributed by atoms with Gasteiger partial charge in [0.2, 0.25) is 0 Å². The quantitative estimate of drug-likeness (QED) is 0.803. The van der Waals surface area contributed by atoms with Crippen LogP contribution in [0.25, 0.3) is 0 Å². The molecule has 0 saturated carbocycles. The van der Waals surface area contributed by atoms with Gasteiger partial charge in [-0.05, 0) is 30.7 Å². The Bertz CT molecular complexity index is 563. The predicted octanol–water partition coefficient (Wildman–Crippen LogP) is 3.63. The molecule has 1 saturated heterocycles. The molecular formula is C12H8F6N2. The van der Waals surface area contributed by atoms with E-state index in [1.54, 1.807) is 0 Å². The average Bonchev–Trinajstić information content (AvgIpc) is 2.22. The smallest absolute Gasteiger partial charge is 0.310 e. The maximum absolute atomic E-state index is 13.0. The van der Waals surface area contributed by atoms with Crippen LogP contribution in [0.3, 0.4) is 0 Å². The fourth-order valence-electron chi connectivity index (χ4n) is 2.06. The highest BCUT2D eigenvalue weighted by Gasteiger charge is 2.42. The molecule has 108 valence electrons. The number of halogens is 6. The highest BCUT2D eigenvalue weighted by molar-refractivity contribution is 5.50. The molecule has 1 aromatic rings. The number of hydrogen-bond donors (Lipinski definition) is 1. The molecule has 1 heterocycles. The van der Waals surface area contributed by atoms with Crippen LogP contribution in [0.2, 0.25) is 0 Å². The Balaban J connectivity index is 2.69. The summed E-state index contributed by atoms with van der Waals surface area (Å²) in [6.45, 7) is 0.431. The van der Waals surface area contributed by atoms with Crippen LogP contribution in [0.15, 0.2) is 12.1 Å². The third-order valence-electron chi connectivity index (χ3n) is 3.10. The first-order valence-corrected chi connectivity index (χ1v) is 5.60. The van der Waals surface area contributed by atoms with E-state index in [4.69, 9.17) is 5.26 Å². The van der Waals surface area contributed by atoms with Gasteiger partial charge < -0.3 is 5.32 Å². The van der Waals surface area contributed by atoms with Gasteiger partial charge in [0.1, 0.15) is 0 Å². The standard InChI is InChI=1S/C12H8F6N2/c13-11(14,15)7-3-6(5-19)10(12(16,17)18)8(4-7)9-1-2-20-9/h3-4,9,20H,1-2H2. The number of benzene rings is 1. The van der Waals surface area contributed by atoms with Crippen molar-refractivity contribution in [3.05, 3.63) is 34.4 Å². The molecule has 0 radical (unpaired) electrons. The molecule has 0 spiro atoms. The molecule has 1 atom stereocenters. The third-order valence-corrected chi connectivity index (χ3v) is 3.10. The second-order valence-corrected chi connectivity index (χ2v) is 4.39. The highest BCUT2D eigenvalue weighted by atomic mass is 19.4. The molecule has 1 aliphatic rings. The summed E-state index contributed by atoms with van der Waals surface area (Å²) in [4.78, 5) is 0. The van der Waals surface area contributed by atoms with Crippen LogP contribution in [0, 0.1) is 11.3 Å². The van der Waals surface area contributed by atoms with E-state index >= 15 is 0 Å². The second kappa shape index (κ2) is 4.66. The van der Waals surface area contributed by atoms with Crippen LogP contribution in [-0.4, -0.2) is 6.54 Å². The molecule has 1 aliphatic heterocycles. The van der Waals surface area contributed by atoms with Gasteiger partial charge in [-0.2, -0.15) is 31.6 Å². The number of alkyl halides is 6. The molecule has 0 aliphatic carbocycles. The molecule has 8 heteroatoms. The molecule has 20 heavy (non-hydrogen) atoms. The van der Waals surface area contributed by atoms with Gasteiger partial charge in [-0.3, -0.25) is 0 Å². The van der Waals surface area contributed by atoms with Crippen molar-refractivity contribution in [2.75, 3.05) is 6.54 Å². The minimum absolute atomic E-state index is 0.241. The van der Waals surface area contributed by atoms with E-state index in [0.29, 0.717) is 19.0 Å². The van der Waals surface area contributed by atoms with E-state index in [9.17, 15) is 26.3 Å². The van der Waals surface area contributed by atoms with Crippen LogP contribution in [0.1, 0.15) is 34.7 Å². The van der Waals surface area contributed by atoms with Crippen molar-refractivity contribution in [1.82, 2.24) is 5.32 Å².